The second-order valence-electron chi connectivity index (χ2n) is 6.86. The maximum Gasteiger partial charge on any atom is 0.258 e. The molecule has 1 fully saturated rings. The van der Waals surface area contributed by atoms with Crippen molar-refractivity contribution in [3.8, 4) is 23.0 Å². The molecule has 2 aromatic carbocycles. The number of hydrogen-bond acceptors (Lipinski definition) is 6. The number of benzene rings is 2. The molecular formula is C20H16FN3O4. The van der Waals surface area contributed by atoms with Gasteiger partial charge in [-0.2, -0.15) is 4.98 Å². The Hall–Kier alpha value is -3.42. The normalized spacial score (nSPS) is 18.1. The summed E-state index contributed by atoms with van der Waals surface area (Å²) in [6.07, 6.45) is 0.246. The first-order chi connectivity index (χ1) is 13.6. The van der Waals surface area contributed by atoms with E-state index in [1.165, 1.54) is 12.1 Å². The second-order valence-corrected chi connectivity index (χ2v) is 6.86. The average Bonchev–Trinajstić information content (AvgIpc) is 3.42. The molecule has 0 saturated carbocycles. The van der Waals surface area contributed by atoms with E-state index in [-0.39, 0.29) is 30.9 Å². The maximum absolute atomic E-state index is 13.6. The van der Waals surface area contributed by atoms with Gasteiger partial charge in [0.25, 0.3) is 5.89 Å². The minimum atomic E-state index is -0.374. The Balaban J connectivity index is 1.39. The number of halogens is 1. The average molecular weight is 381 g/mol. The van der Waals surface area contributed by atoms with Gasteiger partial charge < -0.3 is 18.9 Å². The molecule has 0 aliphatic carbocycles. The number of fused-ring (bicyclic) bond motifs is 1. The third kappa shape index (κ3) is 2.77. The Labute approximate surface area is 159 Å². The molecule has 1 amide bonds. The van der Waals surface area contributed by atoms with Crippen molar-refractivity contribution < 1.29 is 23.2 Å². The van der Waals surface area contributed by atoms with Crippen LogP contribution in [0, 0.1) is 12.7 Å². The van der Waals surface area contributed by atoms with Gasteiger partial charge in [0, 0.05) is 30.1 Å². The molecule has 2 aliphatic heterocycles. The topological polar surface area (TPSA) is 77.7 Å². The SMILES string of the molecule is Cc1ccc(F)cc1N1CC(c2noc(-c3ccc4c(c3)OCO4)n2)CC1=O. The lowest BCUT2D eigenvalue weighted by atomic mass is 10.1. The van der Waals surface area contributed by atoms with E-state index in [4.69, 9.17) is 14.0 Å². The van der Waals surface area contributed by atoms with Crippen molar-refractivity contribution in [2.45, 2.75) is 19.3 Å². The summed E-state index contributed by atoms with van der Waals surface area (Å²) in [7, 11) is 0. The minimum Gasteiger partial charge on any atom is -0.454 e. The molecule has 7 nitrogen and oxygen atoms in total. The number of nitrogens with zero attached hydrogens (tertiary/aromatic N) is 3. The molecule has 1 aromatic heterocycles. The van der Waals surface area contributed by atoms with Crippen molar-refractivity contribution in [1.29, 1.82) is 0 Å². The van der Waals surface area contributed by atoms with Crippen LogP contribution in [-0.2, 0) is 4.79 Å². The number of ether oxygens (including phenoxy) is 2. The summed E-state index contributed by atoms with van der Waals surface area (Å²) in [6, 6.07) is 9.80. The van der Waals surface area contributed by atoms with E-state index in [1.54, 1.807) is 23.1 Å². The molecule has 3 heterocycles. The van der Waals surface area contributed by atoms with Gasteiger partial charge in [0.1, 0.15) is 5.82 Å². The molecule has 1 unspecified atom stereocenters. The zero-order valence-corrected chi connectivity index (χ0v) is 15.0. The highest BCUT2D eigenvalue weighted by atomic mass is 19.1. The first kappa shape index (κ1) is 16.7. The first-order valence-electron chi connectivity index (χ1n) is 8.88. The van der Waals surface area contributed by atoms with Crippen LogP contribution in [0.4, 0.5) is 10.1 Å². The quantitative estimate of drug-likeness (QED) is 0.692. The number of amides is 1. The van der Waals surface area contributed by atoms with E-state index in [0.29, 0.717) is 41.0 Å². The largest absolute Gasteiger partial charge is 0.454 e. The van der Waals surface area contributed by atoms with Gasteiger partial charge in [0.2, 0.25) is 12.7 Å². The molecule has 0 N–H and O–H groups in total. The Morgan fingerprint density at radius 2 is 2.00 bits per heavy atom. The van der Waals surface area contributed by atoms with Crippen LogP contribution in [0.1, 0.15) is 23.7 Å². The minimum absolute atomic E-state index is 0.0897. The van der Waals surface area contributed by atoms with E-state index in [0.717, 1.165) is 5.56 Å². The zero-order valence-electron chi connectivity index (χ0n) is 15.0. The predicted molar refractivity (Wildman–Crippen MR) is 96.7 cm³/mol. The number of rotatable bonds is 3. The molecule has 2 aliphatic rings. The smallest absolute Gasteiger partial charge is 0.258 e. The Morgan fingerprint density at radius 1 is 1.14 bits per heavy atom. The lowest BCUT2D eigenvalue weighted by molar-refractivity contribution is -0.117. The highest BCUT2D eigenvalue weighted by Gasteiger charge is 2.35. The van der Waals surface area contributed by atoms with Gasteiger partial charge in [-0.25, -0.2) is 4.39 Å². The van der Waals surface area contributed by atoms with E-state index >= 15 is 0 Å². The van der Waals surface area contributed by atoms with Crippen molar-refractivity contribution in [3.63, 3.8) is 0 Å². The summed E-state index contributed by atoms with van der Waals surface area (Å²) in [4.78, 5) is 18.6. The number of anilines is 1. The lowest BCUT2D eigenvalue weighted by Gasteiger charge is -2.18. The lowest BCUT2D eigenvalue weighted by Crippen LogP contribution is -2.25. The van der Waals surface area contributed by atoms with Gasteiger partial charge in [-0.3, -0.25) is 4.79 Å². The second kappa shape index (κ2) is 6.33. The van der Waals surface area contributed by atoms with Gasteiger partial charge in [-0.05, 0) is 42.8 Å². The van der Waals surface area contributed by atoms with Gasteiger partial charge >= 0.3 is 0 Å². The zero-order chi connectivity index (χ0) is 19.3. The Morgan fingerprint density at radius 3 is 2.89 bits per heavy atom. The molecule has 28 heavy (non-hydrogen) atoms. The van der Waals surface area contributed by atoms with Crippen molar-refractivity contribution in [1.82, 2.24) is 10.1 Å². The molecule has 5 rings (SSSR count). The molecule has 8 heteroatoms. The fraction of sp³-hybridized carbons (Fsp3) is 0.250. The van der Waals surface area contributed by atoms with Crippen molar-refractivity contribution in [2.24, 2.45) is 0 Å². The first-order valence-corrected chi connectivity index (χ1v) is 8.88. The summed E-state index contributed by atoms with van der Waals surface area (Å²) in [5.41, 5.74) is 2.13. The molecule has 0 radical (unpaired) electrons. The van der Waals surface area contributed by atoms with Crippen LogP contribution in [0.3, 0.4) is 0 Å². The highest BCUT2D eigenvalue weighted by Crippen LogP contribution is 2.37. The third-order valence-electron chi connectivity index (χ3n) is 5.01. The van der Waals surface area contributed by atoms with Crippen molar-refractivity contribution >= 4 is 11.6 Å². The molecular weight excluding hydrogens is 365 g/mol. The van der Waals surface area contributed by atoms with Crippen LogP contribution in [0.15, 0.2) is 40.9 Å². The van der Waals surface area contributed by atoms with E-state index < -0.39 is 0 Å². The van der Waals surface area contributed by atoms with Crippen LogP contribution in [0.2, 0.25) is 0 Å². The number of aromatic nitrogens is 2. The predicted octanol–water partition coefficient (Wildman–Crippen LogP) is 3.43. The Bertz CT molecular complexity index is 1080. The van der Waals surface area contributed by atoms with Crippen LogP contribution in [-0.4, -0.2) is 29.4 Å². The van der Waals surface area contributed by atoms with Crippen LogP contribution >= 0.6 is 0 Å². The Kier molecular flexibility index (Phi) is 3.78. The fourth-order valence-corrected chi connectivity index (χ4v) is 3.53. The van der Waals surface area contributed by atoms with Crippen LogP contribution in [0.5, 0.6) is 11.5 Å². The molecule has 3 aromatic rings. The standard InChI is InChI=1S/C20H16FN3O4/c1-11-2-4-14(21)8-15(11)24-9-13(7-18(24)25)19-22-20(28-23-19)12-3-5-16-17(6-12)27-10-26-16/h2-6,8,13H,7,9-10H2,1H3. The van der Waals surface area contributed by atoms with Crippen molar-refractivity contribution in [3.05, 3.63) is 53.6 Å². The molecule has 0 spiro atoms. The van der Waals surface area contributed by atoms with E-state index in [1.807, 2.05) is 13.0 Å². The van der Waals surface area contributed by atoms with Crippen LogP contribution in [0.25, 0.3) is 11.5 Å². The molecule has 0 bridgehead atoms. The summed E-state index contributed by atoms with van der Waals surface area (Å²) < 4.78 is 29.7. The van der Waals surface area contributed by atoms with Crippen LogP contribution < -0.4 is 14.4 Å². The maximum atomic E-state index is 13.6. The summed E-state index contributed by atoms with van der Waals surface area (Å²) in [5.74, 6) is 1.42. The summed E-state index contributed by atoms with van der Waals surface area (Å²) in [6.45, 7) is 2.41. The van der Waals surface area contributed by atoms with Gasteiger partial charge in [-0.15, -0.1) is 0 Å². The third-order valence-corrected chi connectivity index (χ3v) is 5.01. The van der Waals surface area contributed by atoms with Gasteiger partial charge in [-0.1, -0.05) is 11.2 Å². The number of aryl methyl sites for hydroxylation is 1. The summed E-state index contributed by atoms with van der Waals surface area (Å²) in [5, 5.41) is 4.06. The monoisotopic (exact) mass is 381 g/mol. The molecule has 1 atom stereocenters. The highest BCUT2D eigenvalue weighted by molar-refractivity contribution is 5.97. The van der Waals surface area contributed by atoms with E-state index in [2.05, 4.69) is 10.1 Å². The van der Waals surface area contributed by atoms with Crippen molar-refractivity contribution in [2.75, 3.05) is 18.2 Å². The molecule has 142 valence electrons. The fourth-order valence-electron chi connectivity index (χ4n) is 3.53. The van der Waals surface area contributed by atoms with E-state index in [9.17, 15) is 9.18 Å². The number of carbonyl (C=O) groups is 1. The molecule has 1 saturated heterocycles. The number of hydrogen-bond donors (Lipinski definition) is 0. The van der Waals surface area contributed by atoms with Gasteiger partial charge in [0.05, 0.1) is 0 Å². The van der Waals surface area contributed by atoms with Gasteiger partial charge in [0.15, 0.2) is 17.3 Å². The number of carbonyl (C=O) groups excluding carboxylic acids is 1. The summed E-state index contributed by atoms with van der Waals surface area (Å²) >= 11 is 0.